The fraction of sp³-hybridized carbons (Fsp3) is 0.231. The third kappa shape index (κ3) is 3.48. The summed E-state index contributed by atoms with van der Waals surface area (Å²) in [5.74, 6) is -0.215. The van der Waals surface area contributed by atoms with Crippen LogP contribution in [-0.2, 0) is 6.54 Å². The summed E-state index contributed by atoms with van der Waals surface area (Å²) in [7, 11) is 1.70. The van der Waals surface area contributed by atoms with E-state index in [2.05, 4.69) is 15.2 Å². The van der Waals surface area contributed by atoms with E-state index in [1.165, 1.54) is 0 Å². The number of aryl methyl sites for hydroxylation is 1. The Morgan fingerprint density at radius 2 is 2.05 bits per heavy atom. The maximum Gasteiger partial charge on any atom is 0.274 e. The van der Waals surface area contributed by atoms with Crippen molar-refractivity contribution >= 4 is 17.5 Å². The second kappa shape index (κ2) is 5.75. The van der Waals surface area contributed by atoms with Crippen LogP contribution in [0.1, 0.15) is 21.9 Å². The van der Waals surface area contributed by atoms with Gasteiger partial charge in [0.2, 0.25) is 0 Å². The van der Waals surface area contributed by atoms with Crippen molar-refractivity contribution in [3.05, 3.63) is 52.6 Å². The number of aromatic nitrogens is 3. The highest BCUT2D eigenvalue weighted by molar-refractivity contribution is 6.29. The molecule has 19 heavy (non-hydrogen) atoms. The second-order valence-electron chi connectivity index (χ2n) is 4.17. The summed E-state index contributed by atoms with van der Waals surface area (Å²) in [5.41, 5.74) is 2.02. The van der Waals surface area contributed by atoms with Crippen LogP contribution in [0.15, 0.2) is 30.3 Å². The number of hydrogen-bond donors (Lipinski definition) is 0. The predicted molar refractivity (Wildman–Crippen MR) is 71.8 cm³/mol. The first-order valence-corrected chi connectivity index (χ1v) is 6.11. The topological polar surface area (TPSA) is 59.0 Å². The van der Waals surface area contributed by atoms with E-state index in [4.69, 9.17) is 11.6 Å². The molecule has 0 fully saturated rings. The molecule has 2 heterocycles. The monoisotopic (exact) mass is 276 g/mol. The van der Waals surface area contributed by atoms with Gasteiger partial charge >= 0.3 is 0 Å². The molecule has 98 valence electrons. The van der Waals surface area contributed by atoms with E-state index < -0.39 is 0 Å². The minimum atomic E-state index is -0.215. The van der Waals surface area contributed by atoms with Gasteiger partial charge in [-0.25, -0.2) is 0 Å². The van der Waals surface area contributed by atoms with E-state index in [-0.39, 0.29) is 16.8 Å². The molecule has 2 aromatic rings. The number of amides is 1. The highest BCUT2D eigenvalue weighted by Gasteiger charge is 2.14. The minimum absolute atomic E-state index is 0.215. The quantitative estimate of drug-likeness (QED) is 0.861. The fourth-order valence-corrected chi connectivity index (χ4v) is 1.73. The van der Waals surface area contributed by atoms with Gasteiger partial charge in [-0.3, -0.25) is 9.78 Å². The Labute approximate surface area is 116 Å². The van der Waals surface area contributed by atoms with E-state index in [1.54, 1.807) is 24.1 Å². The van der Waals surface area contributed by atoms with Crippen LogP contribution < -0.4 is 0 Å². The van der Waals surface area contributed by atoms with Gasteiger partial charge in [-0.2, -0.15) is 0 Å². The van der Waals surface area contributed by atoms with E-state index in [1.807, 2.05) is 25.1 Å². The van der Waals surface area contributed by atoms with Crippen molar-refractivity contribution in [3.63, 3.8) is 0 Å². The molecule has 0 radical (unpaired) electrons. The zero-order valence-electron chi connectivity index (χ0n) is 10.7. The lowest BCUT2D eigenvalue weighted by atomic mass is 10.3. The molecule has 2 rings (SSSR count). The van der Waals surface area contributed by atoms with E-state index in [9.17, 15) is 4.79 Å². The Bertz CT molecular complexity index is 585. The van der Waals surface area contributed by atoms with Crippen molar-refractivity contribution in [3.8, 4) is 0 Å². The third-order valence-corrected chi connectivity index (χ3v) is 2.74. The summed E-state index contributed by atoms with van der Waals surface area (Å²) < 4.78 is 0. The SMILES string of the molecule is Cc1cccc(CN(C)C(=O)c2ccc(Cl)nn2)n1. The number of rotatable bonds is 3. The number of carbonyl (C=O) groups is 1. The lowest BCUT2D eigenvalue weighted by Crippen LogP contribution is -2.27. The highest BCUT2D eigenvalue weighted by Crippen LogP contribution is 2.07. The molecule has 0 spiro atoms. The van der Waals surface area contributed by atoms with E-state index >= 15 is 0 Å². The van der Waals surface area contributed by atoms with Crippen LogP contribution in [0.25, 0.3) is 0 Å². The number of hydrogen-bond acceptors (Lipinski definition) is 4. The van der Waals surface area contributed by atoms with Gasteiger partial charge in [0.1, 0.15) is 0 Å². The summed E-state index contributed by atoms with van der Waals surface area (Å²) >= 11 is 5.63. The maximum absolute atomic E-state index is 12.1. The van der Waals surface area contributed by atoms with Crippen LogP contribution in [-0.4, -0.2) is 33.0 Å². The molecule has 0 saturated heterocycles. The van der Waals surface area contributed by atoms with Crippen LogP contribution in [0.2, 0.25) is 5.15 Å². The van der Waals surface area contributed by atoms with Gasteiger partial charge < -0.3 is 4.90 Å². The van der Waals surface area contributed by atoms with Crippen molar-refractivity contribution in [1.82, 2.24) is 20.1 Å². The Morgan fingerprint density at radius 3 is 2.68 bits per heavy atom. The van der Waals surface area contributed by atoms with Crippen LogP contribution >= 0.6 is 11.6 Å². The smallest absolute Gasteiger partial charge is 0.274 e. The zero-order chi connectivity index (χ0) is 13.8. The molecular weight excluding hydrogens is 264 g/mol. The number of halogens is 1. The van der Waals surface area contributed by atoms with Crippen LogP contribution in [0.5, 0.6) is 0 Å². The van der Waals surface area contributed by atoms with Crippen molar-refractivity contribution < 1.29 is 4.79 Å². The lowest BCUT2D eigenvalue weighted by molar-refractivity contribution is 0.0776. The summed E-state index contributed by atoms with van der Waals surface area (Å²) in [4.78, 5) is 18.0. The Morgan fingerprint density at radius 1 is 1.26 bits per heavy atom. The van der Waals surface area contributed by atoms with Crippen LogP contribution in [0, 0.1) is 6.92 Å². The van der Waals surface area contributed by atoms with Gasteiger partial charge in [0.05, 0.1) is 12.2 Å². The van der Waals surface area contributed by atoms with Gasteiger partial charge in [0.15, 0.2) is 10.8 Å². The Balaban J connectivity index is 2.09. The molecule has 6 heteroatoms. The number of nitrogens with zero attached hydrogens (tertiary/aromatic N) is 4. The predicted octanol–water partition coefficient (Wildman–Crippen LogP) is 2.11. The minimum Gasteiger partial charge on any atom is -0.334 e. The molecule has 0 atom stereocenters. The Hall–Kier alpha value is -2.01. The first-order chi connectivity index (χ1) is 9.06. The first kappa shape index (κ1) is 13.4. The van der Waals surface area contributed by atoms with Gasteiger partial charge in [0, 0.05) is 12.7 Å². The normalized spacial score (nSPS) is 10.3. The first-order valence-electron chi connectivity index (χ1n) is 5.73. The molecule has 0 bridgehead atoms. The standard InChI is InChI=1S/C13H13ClN4O/c1-9-4-3-5-10(15-9)8-18(2)13(19)11-6-7-12(14)17-16-11/h3-7H,8H2,1-2H3. The van der Waals surface area contributed by atoms with E-state index in [0.717, 1.165) is 11.4 Å². The molecule has 0 aliphatic rings. The molecule has 2 aromatic heterocycles. The van der Waals surface area contributed by atoms with Crippen LogP contribution in [0.3, 0.4) is 0 Å². The molecular formula is C13H13ClN4O. The van der Waals surface area contributed by atoms with Gasteiger partial charge in [-0.15, -0.1) is 10.2 Å². The van der Waals surface area contributed by atoms with Gasteiger partial charge in [-0.1, -0.05) is 17.7 Å². The number of carbonyl (C=O) groups excluding carboxylic acids is 1. The molecule has 0 N–H and O–H groups in total. The van der Waals surface area contributed by atoms with Crippen molar-refractivity contribution in [2.24, 2.45) is 0 Å². The molecule has 0 unspecified atom stereocenters. The molecule has 1 amide bonds. The highest BCUT2D eigenvalue weighted by atomic mass is 35.5. The second-order valence-corrected chi connectivity index (χ2v) is 4.56. The zero-order valence-corrected chi connectivity index (χ0v) is 11.4. The molecule has 0 aromatic carbocycles. The summed E-state index contributed by atoms with van der Waals surface area (Å²) in [6.07, 6.45) is 0. The fourth-order valence-electron chi connectivity index (χ4n) is 1.63. The van der Waals surface area contributed by atoms with E-state index in [0.29, 0.717) is 6.54 Å². The summed E-state index contributed by atoms with van der Waals surface area (Å²) in [5, 5.41) is 7.68. The van der Waals surface area contributed by atoms with Crippen molar-refractivity contribution in [2.75, 3.05) is 7.05 Å². The average molecular weight is 277 g/mol. The third-order valence-electron chi connectivity index (χ3n) is 2.54. The molecule has 0 saturated carbocycles. The average Bonchev–Trinajstić information content (AvgIpc) is 2.39. The Kier molecular flexibility index (Phi) is 4.06. The van der Waals surface area contributed by atoms with Gasteiger partial charge in [-0.05, 0) is 31.2 Å². The molecule has 0 aliphatic carbocycles. The van der Waals surface area contributed by atoms with Crippen molar-refractivity contribution in [2.45, 2.75) is 13.5 Å². The lowest BCUT2D eigenvalue weighted by Gasteiger charge is -2.16. The summed E-state index contributed by atoms with van der Waals surface area (Å²) in [6.45, 7) is 2.33. The largest absolute Gasteiger partial charge is 0.334 e. The molecule has 5 nitrogen and oxygen atoms in total. The van der Waals surface area contributed by atoms with Gasteiger partial charge in [0.25, 0.3) is 5.91 Å². The number of pyridine rings is 1. The van der Waals surface area contributed by atoms with Crippen LogP contribution in [0.4, 0.5) is 0 Å². The maximum atomic E-state index is 12.1. The molecule has 0 aliphatic heterocycles. The summed E-state index contributed by atoms with van der Waals surface area (Å²) in [6, 6.07) is 8.80. The van der Waals surface area contributed by atoms with Crippen molar-refractivity contribution in [1.29, 1.82) is 0 Å².